The Kier molecular flexibility index (Phi) is 24.2. The smallest absolute Gasteiger partial charge is 0.0538 e. The van der Waals surface area contributed by atoms with E-state index in [1.165, 1.54) is 19.3 Å². The maximum absolute atomic E-state index is 3.22. The third-order valence-electron chi connectivity index (χ3n) is 0.707. The Morgan fingerprint density at radius 2 is 1.29 bits per heavy atom. The fraction of sp³-hybridized carbons (Fsp3) is 1.00. The number of thiol groups is 2. The van der Waals surface area contributed by atoms with Gasteiger partial charge in [-0.25, -0.2) is 0 Å². The lowest BCUT2D eigenvalue weighted by atomic mass is 10.3. The van der Waals surface area contributed by atoms with Crippen molar-refractivity contribution < 1.29 is 0 Å². The number of unbranched alkanes of at least 4 members (excludes halogenated alkanes) is 2. The molecule has 0 aromatic heterocycles. The second-order valence-corrected chi connectivity index (χ2v) is 1.35. The molecule has 0 spiro atoms. The normalized spacial score (nSPS) is 6.86. The molecule has 0 aliphatic rings. The Hall–Kier alpha value is 0.700. The number of hydrogen-bond acceptors (Lipinski definition) is 2. The minimum Gasteiger partial charge on any atom is -0.115 e. The lowest BCUT2D eigenvalue weighted by Gasteiger charge is -1.79. The molecular weight excluding hydrogens is 124 g/mol. The molecule has 0 rings (SSSR count). The molecule has 0 nitrogen and oxygen atoms in total. The zero-order chi connectivity index (χ0) is 6.12. The lowest BCUT2D eigenvalue weighted by molar-refractivity contribution is 0.772. The van der Waals surface area contributed by atoms with Crippen molar-refractivity contribution in [2.45, 2.75) is 33.1 Å². The summed E-state index contributed by atoms with van der Waals surface area (Å²) in [5.41, 5.74) is 0. The molecule has 0 saturated carbocycles. The highest BCUT2D eigenvalue weighted by Gasteiger charge is 1.68. The van der Waals surface area contributed by atoms with Crippen LogP contribution in [0.1, 0.15) is 33.1 Å². The Labute approximate surface area is 56.9 Å². The van der Waals surface area contributed by atoms with Gasteiger partial charge in [-0.15, -0.1) is 23.3 Å². The van der Waals surface area contributed by atoms with Crippen LogP contribution in [-0.2, 0) is 0 Å². The van der Waals surface area contributed by atoms with E-state index in [0.717, 1.165) is 0 Å². The quantitative estimate of drug-likeness (QED) is 0.425. The van der Waals surface area contributed by atoms with Crippen molar-refractivity contribution in [2.24, 2.45) is 0 Å². The molecule has 0 N–H and O–H groups in total. The summed E-state index contributed by atoms with van der Waals surface area (Å²) in [6.45, 7) is 4.42. The average Bonchev–Trinajstić information content (AvgIpc) is 1.75. The van der Waals surface area contributed by atoms with E-state index in [9.17, 15) is 0 Å². The fourth-order valence-electron chi connectivity index (χ4n) is 0.354. The second kappa shape index (κ2) is 15.9. The SMILES string of the molecule is CCCCC.SS. The first kappa shape index (κ1) is 10.6. The Bertz CT molecular complexity index is 13.6. The predicted molar refractivity (Wildman–Crippen MR) is 43.2 cm³/mol. The van der Waals surface area contributed by atoms with Crippen LogP contribution in [0.15, 0.2) is 0 Å². The number of hydrogen-bond donors (Lipinski definition) is 2. The van der Waals surface area contributed by atoms with Gasteiger partial charge >= 0.3 is 0 Å². The molecule has 0 unspecified atom stereocenters. The van der Waals surface area contributed by atoms with Crippen molar-refractivity contribution >= 4 is 23.3 Å². The molecule has 0 radical (unpaired) electrons. The van der Waals surface area contributed by atoms with Crippen LogP contribution in [0, 0.1) is 0 Å². The van der Waals surface area contributed by atoms with Gasteiger partial charge in [0.15, 0.2) is 0 Å². The second-order valence-electron chi connectivity index (χ2n) is 1.35. The van der Waals surface area contributed by atoms with Gasteiger partial charge in [-0.3, -0.25) is 0 Å². The minimum absolute atomic E-state index is 1.34. The van der Waals surface area contributed by atoms with Crippen LogP contribution < -0.4 is 0 Å². The van der Waals surface area contributed by atoms with Crippen LogP contribution in [0.3, 0.4) is 0 Å². The van der Waals surface area contributed by atoms with Gasteiger partial charge in [0.25, 0.3) is 0 Å². The lowest BCUT2D eigenvalue weighted by Crippen LogP contribution is -1.59. The van der Waals surface area contributed by atoms with Gasteiger partial charge in [-0.1, -0.05) is 33.1 Å². The third kappa shape index (κ3) is 20.3. The maximum Gasteiger partial charge on any atom is -0.0538 e. The van der Waals surface area contributed by atoms with Gasteiger partial charge in [-0.05, 0) is 0 Å². The molecule has 0 heterocycles. The molecule has 0 aromatic carbocycles. The van der Waals surface area contributed by atoms with E-state index >= 15 is 0 Å². The highest BCUT2D eigenvalue weighted by atomic mass is 33.1. The maximum atomic E-state index is 3.22. The van der Waals surface area contributed by atoms with E-state index in [1.807, 2.05) is 0 Å². The molecule has 0 aliphatic heterocycles. The monoisotopic (exact) mass is 138 g/mol. The summed E-state index contributed by atoms with van der Waals surface area (Å²) < 4.78 is 0. The average molecular weight is 138 g/mol. The summed E-state index contributed by atoms with van der Waals surface area (Å²) in [5.74, 6) is 0. The zero-order valence-corrected chi connectivity index (χ0v) is 6.80. The topological polar surface area (TPSA) is 0 Å². The first-order valence-electron chi connectivity index (χ1n) is 2.61. The van der Waals surface area contributed by atoms with Crippen LogP contribution in [-0.4, -0.2) is 0 Å². The van der Waals surface area contributed by atoms with E-state index in [1.54, 1.807) is 0 Å². The van der Waals surface area contributed by atoms with E-state index in [4.69, 9.17) is 0 Å². The molecule has 0 atom stereocenters. The van der Waals surface area contributed by atoms with Crippen molar-refractivity contribution in [1.82, 2.24) is 0 Å². The van der Waals surface area contributed by atoms with Gasteiger partial charge in [0.1, 0.15) is 0 Å². The van der Waals surface area contributed by atoms with E-state index in [2.05, 4.69) is 37.2 Å². The minimum atomic E-state index is 1.34. The number of rotatable bonds is 2. The van der Waals surface area contributed by atoms with Gasteiger partial charge in [0.2, 0.25) is 0 Å². The molecule has 0 amide bonds. The van der Waals surface area contributed by atoms with E-state index < -0.39 is 0 Å². The van der Waals surface area contributed by atoms with Crippen molar-refractivity contribution in [3.8, 4) is 0 Å². The Balaban J connectivity index is 0. The van der Waals surface area contributed by atoms with Crippen LogP contribution in [0.5, 0.6) is 0 Å². The van der Waals surface area contributed by atoms with Crippen LogP contribution >= 0.6 is 23.3 Å². The zero-order valence-electron chi connectivity index (χ0n) is 5.02. The predicted octanol–water partition coefficient (Wildman–Crippen LogP) is 2.96. The van der Waals surface area contributed by atoms with E-state index in [-0.39, 0.29) is 0 Å². The molecule has 7 heavy (non-hydrogen) atoms. The van der Waals surface area contributed by atoms with Crippen LogP contribution in [0.25, 0.3) is 0 Å². The van der Waals surface area contributed by atoms with Crippen LogP contribution in [0.2, 0.25) is 0 Å². The molecule has 0 aromatic rings. The summed E-state index contributed by atoms with van der Waals surface area (Å²) in [6.07, 6.45) is 4.08. The third-order valence-corrected chi connectivity index (χ3v) is 0.707. The summed E-state index contributed by atoms with van der Waals surface area (Å²) in [4.78, 5) is 0. The summed E-state index contributed by atoms with van der Waals surface area (Å²) >= 11 is 6.44. The van der Waals surface area contributed by atoms with Crippen molar-refractivity contribution in [1.29, 1.82) is 0 Å². The van der Waals surface area contributed by atoms with Crippen LogP contribution in [0.4, 0.5) is 0 Å². The fourth-order valence-corrected chi connectivity index (χ4v) is 0.354. The summed E-state index contributed by atoms with van der Waals surface area (Å²) in [5, 5.41) is 0. The molecule has 0 aliphatic carbocycles. The molecule has 46 valence electrons. The Morgan fingerprint density at radius 3 is 1.29 bits per heavy atom. The largest absolute Gasteiger partial charge is 0.115 e. The highest BCUT2D eigenvalue weighted by molar-refractivity contribution is 8.59. The van der Waals surface area contributed by atoms with E-state index in [0.29, 0.717) is 0 Å². The molecule has 0 saturated heterocycles. The first-order chi connectivity index (χ1) is 3.41. The highest BCUT2D eigenvalue weighted by Crippen LogP contribution is 1.88. The van der Waals surface area contributed by atoms with Gasteiger partial charge in [-0.2, -0.15) is 0 Å². The summed E-state index contributed by atoms with van der Waals surface area (Å²) in [6, 6.07) is 0. The molecule has 0 bridgehead atoms. The van der Waals surface area contributed by atoms with Gasteiger partial charge in [0, 0.05) is 0 Å². The summed E-state index contributed by atoms with van der Waals surface area (Å²) in [7, 11) is 0. The van der Waals surface area contributed by atoms with Crippen molar-refractivity contribution in [3.05, 3.63) is 0 Å². The molecule has 0 fully saturated rings. The van der Waals surface area contributed by atoms with Crippen molar-refractivity contribution in [2.75, 3.05) is 0 Å². The van der Waals surface area contributed by atoms with Crippen molar-refractivity contribution in [3.63, 3.8) is 0 Å². The standard InChI is InChI=1S/C5H12.H2S2/c1-3-5-4-2;1-2/h3-5H2,1-2H3;1-2H. The molecular formula is C5H14S2. The Morgan fingerprint density at radius 1 is 1.00 bits per heavy atom. The first-order valence-corrected chi connectivity index (χ1v) is 4.21. The van der Waals surface area contributed by atoms with Gasteiger partial charge < -0.3 is 0 Å². The molecule has 2 heteroatoms. The van der Waals surface area contributed by atoms with Gasteiger partial charge in [0.05, 0.1) is 0 Å².